The van der Waals surface area contributed by atoms with Gasteiger partial charge in [0.25, 0.3) is 5.91 Å². The first-order valence-corrected chi connectivity index (χ1v) is 6.07. The topological polar surface area (TPSA) is 94.2 Å². The predicted octanol–water partition coefficient (Wildman–Crippen LogP) is -0.285. The molecule has 7 heteroatoms. The number of hydrogen-bond acceptors (Lipinski definition) is 3. The predicted molar refractivity (Wildman–Crippen MR) is 70.6 cm³/mol. The molecule has 100 valence electrons. The minimum atomic E-state index is -0.170. The lowest BCUT2D eigenvalue weighted by Gasteiger charge is -2.09. The number of aromatic nitrogens is 2. The molecule has 0 aliphatic carbocycles. The Balaban J connectivity index is 2.28. The summed E-state index contributed by atoms with van der Waals surface area (Å²) >= 11 is 0. The summed E-state index contributed by atoms with van der Waals surface area (Å²) in [6.07, 6.45) is 1.54. The zero-order valence-corrected chi connectivity index (χ0v) is 10.8. The molecule has 0 atom stereocenters. The highest BCUT2D eigenvalue weighted by Gasteiger charge is 2.04. The molecule has 1 aromatic heterocycles. The van der Waals surface area contributed by atoms with Crippen LogP contribution < -0.4 is 16.0 Å². The molecule has 1 aromatic rings. The van der Waals surface area contributed by atoms with Crippen molar-refractivity contribution in [3.8, 4) is 0 Å². The summed E-state index contributed by atoms with van der Waals surface area (Å²) in [7, 11) is 0. The first-order chi connectivity index (χ1) is 8.77. The van der Waals surface area contributed by atoms with Crippen molar-refractivity contribution in [2.24, 2.45) is 4.99 Å². The van der Waals surface area contributed by atoms with Crippen molar-refractivity contribution >= 4 is 11.9 Å². The number of hydrogen-bond donors (Lipinski definition) is 4. The Kier molecular flexibility index (Phi) is 6.31. The van der Waals surface area contributed by atoms with Crippen molar-refractivity contribution in [1.82, 2.24) is 26.1 Å². The summed E-state index contributed by atoms with van der Waals surface area (Å²) in [5.41, 5.74) is 0.456. The van der Waals surface area contributed by atoms with Gasteiger partial charge in [-0.3, -0.25) is 14.9 Å². The van der Waals surface area contributed by atoms with Crippen LogP contribution in [0.4, 0.5) is 0 Å². The van der Waals surface area contributed by atoms with Crippen molar-refractivity contribution in [3.05, 3.63) is 18.0 Å². The van der Waals surface area contributed by atoms with E-state index in [0.29, 0.717) is 18.8 Å². The molecule has 1 amide bonds. The average Bonchev–Trinajstić information content (AvgIpc) is 2.88. The van der Waals surface area contributed by atoms with Crippen LogP contribution in [-0.2, 0) is 0 Å². The first kappa shape index (κ1) is 14.0. The van der Waals surface area contributed by atoms with Crippen molar-refractivity contribution < 1.29 is 4.79 Å². The van der Waals surface area contributed by atoms with E-state index in [1.54, 1.807) is 12.3 Å². The van der Waals surface area contributed by atoms with Crippen LogP contribution >= 0.6 is 0 Å². The lowest BCUT2D eigenvalue weighted by molar-refractivity contribution is 0.0950. The van der Waals surface area contributed by atoms with E-state index in [0.717, 1.165) is 19.0 Å². The van der Waals surface area contributed by atoms with E-state index in [4.69, 9.17) is 0 Å². The van der Waals surface area contributed by atoms with Crippen LogP contribution in [0.2, 0.25) is 0 Å². The molecule has 4 N–H and O–H groups in total. The van der Waals surface area contributed by atoms with E-state index in [-0.39, 0.29) is 5.91 Å². The van der Waals surface area contributed by atoms with E-state index in [2.05, 4.69) is 31.1 Å². The summed E-state index contributed by atoms with van der Waals surface area (Å²) < 4.78 is 0. The number of nitrogens with one attached hydrogen (secondary N) is 4. The quantitative estimate of drug-likeness (QED) is 0.318. The molecule has 0 saturated heterocycles. The van der Waals surface area contributed by atoms with Crippen LogP contribution in [0.3, 0.4) is 0 Å². The Hall–Kier alpha value is -2.05. The van der Waals surface area contributed by atoms with Gasteiger partial charge in [0, 0.05) is 25.8 Å². The van der Waals surface area contributed by atoms with Gasteiger partial charge in [-0.25, -0.2) is 0 Å². The van der Waals surface area contributed by atoms with Gasteiger partial charge < -0.3 is 16.0 Å². The molecular weight excluding hydrogens is 232 g/mol. The molecule has 0 saturated carbocycles. The molecule has 18 heavy (non-hydrogen) atoms. The highest BCUT2D eigenvalue weighted by Crippen LogP contribution is 1.89. The Labute approximate surface area is 106 Å². The van der Waals surface area contributed by atoms with Crippen LogP contribution in [0, 0.1) is 0 Å². The second-order valence-corrected chi connectivity index (χ2v) is 3.52. The van der Waals surface area contributed by atoms with E-state index in [1.165, 1.54) is 0 Å². The molecule has 0 unspecified atom stereocenters. The molecule has 1 heterocycles. The van der Waals surface area contributed by atoms with Crippen molar-refractivity contribution in [3.63, 3.8) is 0 Å². The van der Waals surface area contributed by atoms with E-state index < -0.39 is 0 Å². The van der Waals surface area contributed by atoms with Gasteiger partial charge in [0.2, 0.25) is 0 Å². The van der Waals surface area contributed by atoms with Gasteiger partial charge in [-0.15, -0.1) is 0 Å². The van der Waals surface area contributed by atoms with Crippen molar-refractivity contribution in [1.29, 1.82) is 0 Å². The second-order valence-electron chi connectivity index (χ2n) is 3.52. The summed E-state index contributed by atoms with van der Waals surface area (Å²) in [5, 5.41) is 15.3. The number of H-pyrrole nitrogens is 1. The molecule has 0 aromatic carbocycles. The number of carbonyl (C=O) groups is 1. The first-order valence-electron chi connectivity index (χ1n) is 6.07. The third-order valence-electron chi connectivity index (χ3n) is 2.10. The minimum Gasteiger partial charge on any atom is -0.357 e. The molecule has 1 rings (SSSR count). The van der Waals surface area contributed by atoms with Gasteiger partial charge >= 0.3 is 0 Å². The highest BCUT2D eigenvalue weighted by molar-refractivity contribution is 5.92. The largest absolute Gasteiger partial charge is 0.357 e. The van der Waals surface area contributed by atoms with Crippen LogP contribution in [0.5, 0.6) is 0 Å². The van der Waals surface area contributed by atoms with E-state index in [1.807, 2.05) is 13.8 Å². The average molecular weight is 252 g/mol. The van der Waals surface area contributed by atoms with Crippen LogP contribution in [0.1, 0.15) is 24.3 Å². The number of aliphatic imine (C=N–C) groups is 1. The SMILES string of the molecule is CCNC(=NCCNC(=O)c1ccn[nH]1)NCC. The fourth-order valence-electron chi connectivity index (χ4n) is 1.32. The maximum absolute atomic E-state index is 11.5. The number of carbonyl (C=O) groups excluding carboxylic acids is 1. The number of nitrogens with zero attached hydrogens (tertiary/aromatic N) is 2. The van der Waals surface area contributed by atoms with Gasteiger partial charge in [-0.05, 0) is 19.9 Å². The number of aromatic amines is 1. The second kappa shape index (κ2) is 8.10. The molecule has 0 aliphatic heterocycles. The van der Waals surface area contributed by atoms with Crippen LogP contribution in [-0.4, -0.2) is 48.2 Å². The maximum Gasteiger partial charge on any atom is 0.269 e. The monoisotopic (exact) mass is 252 g/mol. The minimum absolute atomic E-state index is 0.170. The summed E-state index contributed by atoms with van der Waals surface area (Å²) in [6, 6.07) is 1.63. The molecule has 0 radical (unpaired) electrons. The van der Waals surface area contributed by atoms with Gasteiger partial charge in [-0.1, -0.05) is 0 Å². The highest BCUT2D eigenvalue weighted by atomic mass is 16.1. The van der Waals surface area contributed by atoms with Crippen LogP contribution in [0.25, 0.3) is 0 Å². The van der Waals surface area contributed by atoms with Crippen molar-refractivity contribution in [2.45, 2.75) is 13.8 Å². The molecule has 7 nitrogen and oxygen atoms in total. The molecule has 0 spiro atoms. The Morgan fingerprint density at radius 3 is 2.61 bits per heavy atom. The molecular formula is C11H20N6O. The lowest BCUT2D eigenvalue weighted by Crippen LogP contribution is -2.37. The van der Waals surface area contributed by atoms with Gasteiger partial charge in [-0.2, -0.15) is 5.10 Å². The number of amides is 1. The summed E-state index contributed by atoms with van der Waals surface area (Å²) in [5.74, 6) is 0.590. The maximum atomic E-state index is 11.5. The molecule has 0 bridgehead atoms. The Morgan fingerprint density at radius 1 is 1.33 bits per heavy atom. The third kappa shape index (κ3) is 4.86. The Morgan fingerprint density at radius 2 is 2.06 bits per heavy atom. The number of rotatable bonds is 6. The lowest BCUT2D eigenvalue weighted by atomic mass is 10.4. The standard InChI is InChI=1S/C11H20N6O/c1-3-12-11(13-4-2)15-8-7-14-10(18)9-5-6-16-17-9/h5-6H,3-4,7-8H2,1-2H3,(H,14,18)(H,16,17)(H2,12,13,15). The summed E-state index contributed by atoms with van der Waals surface area (Å²) in [6.45, 7) is 6.64. The smallest absolute Gasteiger partial charge is 0.269 e. The fourth-order valence-corrected chi connectivity index (χ4v) is 1.32. The fraction of sp³-hybridized carbons (Fsp3) is 0.545. The van der Waals surface area contributed by atoms with E-state index >= 15 is 0 Å². The zero-order chi connectivity index (χ0) is 13.2. The van der Waals surface area contributed by atoms with Gasteiger partial charge in [0.1, 0.15) is 5.69 Å². The third-order valence-corrected chi connectivity index (χ3v) is 2.10. The summed E-state index contributed by atoms with van der Waals surface area (Å²) in [4.78, 5) is 15.9. The van der Waals surface area contributed by atoms with Crippen molar-refractivity contribution in [2.75, 3.05) is 26.2 Å². The van der Waals surface area contributed by atoms with Crippen LogP contribution in [0.15, 0.2) is 17.3 Å². The van der Waals surface area contributed by atoms with Gasteiger partial charge in [0.15, 0.2) is 5.96 Å². The Bertz CT molecular complexity index is 365. The molecule has 0 fully saturated rings. The number of guanidine groups is 1. The van der Waals surface area contributed by atoms with Gasteiger partial charge in [0.05, 0.1) is 6.54 Å². The zero-order valence-electron chi connectivity index (χ0n) is 10.8. The molecule has 0 aliphatic rings. The normalized spacial score (nSPS) is 9.67. The van der Waals surface area contributed by atoms with E-state index in [9.17, 15) is 4.79 Å².